The number of halogens is 1. The Hall–Kier alpha value is -2.70. The van der Waals surface area contributed by atoms with E-state index in [-0.39, 0.29) is 17.4 Å². The summed E-state index contributed by atoms with van der Waals surface area (Å²) in [7, 11) is 1.69. The number of carbonyl (C=O) groups is 2. The first-order valence-electron chi connectivity index (χ1n) is 7.79. The minimum absolute atomic E-state index is 0.199. The van der Waals surface area contributed by atoms with Gasteiger partial charge in [0, 0.05) is 38.8 Å². The van der Waals surface area contributed by atoms with E-state index in [9.17, 15) is 14.0 Å². The largest absolute Gasteiger partial charge is 0.342 e. The molecule has 0 radical (unpaired) electrons. The van der Waals surface area contributed by atoms with Gasteiger partial charge < -0.3 is 9.80 Å². The molecule has 1 aromatic heterocycles. The highest BCUT2D eigenvalue weighted by Gasteiger charge is 2.24. The minimum Gasteiger partial charge on any atom is -0.342 e. The first-order chi connectivity index (χ1) is 11.5. The third kappa shape index (κ3) is 3.02. The summed E-state index contributed by atoms with van der Waals surface area (Å²) >= 11 is 0. The van der Waals surface area contributed by atoms with E-state index in [4.69, 9.17) is 0 Å². The second-order valence-electron chi connectivity index (χ2n) is 5.96. The molecule has 0 N–H and O–H groups in total. The number of aromatic nitrogens is 2. The van der Waals surface area contributed by atoms with Crippen LogP contribution in [0.2, 0.25) is 0 Å². The predicted molar refractivity (Wildman–Crippen MR) is 86.9 cm³/mol. The number of hydrogen-bond acceptors (Lipinski definition) is 3. The number of rotatable bonds is 3. The first kappa shape index (κ1) is 16.2. The molecule has 126 valence electrons. The van der Waals surface area contributed by atoms with Crippen molar-refractivity contribution in [3.8, 4) is 11.3 Å². The molecule has 0 spiro atoms. The topological polar surface area (TPSA) is 58.4 Å². The number of amides is 2. The molecular formula is C17H19FN4O2. The maximum absolute atomic E-state index is 14.1. The van der Waals surface area contributed by atoms with E-state index in [0.29, 0.717) is 37.4 Å². The number of piperazine rings is 1. The second kappa shape index (κ2) is 6.43. The van der Waals surface area contributed by atoms with Gasteiger partial charge in [0.05, 0.1) is 5.69 Å². The number of benzene rings is 1. The van der Waals surface area contributed by atoms with Gasteiger partial charge >= 0.3 is 0 Å². The van der Waals surface area contributed by atoms with Crippen LogP contribution in [0.3, 0.4) is 0 Å². The highest BCUT2D eigenvalue weighted by atomic mass is 19.1. The fraction of sp³-hybridized carbons (Fsp3) is 0.353. The zero-order valence-corrected chi connectivity index (χ0v) is 13.7. The Bertz CT molecular complexity index is 779. The number of carbonyl (C=O) groups excluding carboxylic acids is 2. The summed E-state index contributed by atoms with van der Waals surface area (Å²) in [6, 6.07) is 6.47. The molecule has 0 saturated carbocycles. The normalized spacial score (nSPS) is 14.8. The molecule has 1 saturated heterocycles. The smallest absolute Gasteiger partial charge is 0.274 e. The highest BCUT2D eigenvalue weighted by Crippen LogP contribution is 2.25. The van der Waals surface area contributed by atoms with Crippen molar-refractivity contribution in [3.05, 3.63) is 41.3 Å². The Labute approximate surface area is 139 Å². The van der Waals surface area contributed by atoms with Gasteiger partial charge in [-0.05, 0) is 25.1 Å². The molecule has 24 heavy (non-hydrogen) atoms. The third-order valence-electron chi connectivity index (χ3n) is 4.25. The Kier molecular flexibility index (Phi) is 4.33. The van der Waals surface area contributed by atoms with Crippen LogP contribution in [-0.4, -0.2) is 58.1 Å². The van der Waals surface area contributed by atoms with Crippen LogP contribution in [0.4, 0.5) is 4.39 Å². The van der Waals surface area contributed by atoms with Crippen LogP contribution in [0.15, 0.2) is 24.3 Å². The maximum atomic E-state index is 14.1. The van der Waals surface area contributed by atoms with E-state index in [1.54, 1.807) is 35.0 Å². The van der Waals surface area contributed by atoms with Crippen molar-refractivity contribution < 1.29 is 14.0 Å². The van der Waals surface area contributed by atoms with Crippen molar-refractivity contribution in [2.45, 2.75) is 6.92 Å². The van der Waals surface area contributed by atoms with E-state index in [1.165, 1.54) is 10.7 Å². The molecule has 0 aliphatic carbocycles. The fourth-order valence-corrected chi connectivity index (χ4v) is 2.85. The van der Waals surface area contributed by atoms with Crippen LogP contribution < -0.4 is 0 Å². The molecule has 7 heteroatoms. The lowest BCUT2D eigenvalue weighted by Gasteiger charge is -2.32. The van der Waals surface area contributed by atoms with Gasteiger partial charge in [-0.1, -0.05) is 11.6 Å². The van der Waals surface area contributed by atoms with Crippen LogP contribution in [0.5, 0.6) is 0 Å². The average molecular weight is 330 g/mol. The molecule has 3 rings (SSSR count). The van der Waals surface area contributed by atoms with Gasteiger partial charge in [0.25, 0.3) is 5.91 Å². The number of aryl methyl sites for hydroxylation is 2. The van der Waals surface area contributed by atoms with E-state index < -0.39 is 0 Å². The molecule has 1 fully saturated rings. The average Bonchev–Trinajstić information content (AvgIpc) is 2.98. The minimum atomic E-state index is -0.345. The molecule has 0 bridgehead atoms. The van der Waals surface area contributed by atoms with Crippen molar-refractivity contribution in [3.63, 3.8) is 0 Å². The lowest BCUT2D eigenvalue weighted by atomic mass is 10.1. The summed E-state index contributed by atoms with van der Waals surface area (Å²) in [5.74, 6) is -0.544. The second-order valence-corrected chi connectivity index (χ2v) is 5.96. The Balaban J connectivity index is 1.85. The molecule has 1 aromatic carbocycles. The van der Waals surface area contributed by atoms with Crippen LogP contribution in [0.25, 0.3) is 11.3 Å². The van der Waals surface area contributed by atoms with Crippen LogP contribution in [0.1, 0.15) is 16.1 Å². The van der Waals surface area contributed by atoms with Gasteiger partial charge in [0.15, 0.2) is 5.69 Å². The standard InChI is InChI=1S/C17H19FN4O2/c1-12-3-4-14(18)13(9-12)16-10-15(19-20(16)2)17(24)22-7-5-21(11-23)6-8-22/h3-4,9-11H,5-8H2,1-2H3. The molecule has 0 atom stereocenters. The van der Waals surface area contributed by atoms with Gasteiger partial charge in [-0.25, -0.2) is 4.39 Å². The van der Waals surface area contributed by atoms with Crippen molar-refractivity contribution in [1.82, 2.24) is 19.6 Å². The zero-order valence-electron chi connectivity index (χ0n) is 13.7. The molecule has 1 aliphatic heterocycles. The summed E-state index contributed by atoms with van der Waals surface area (Å²) < 4.78 is 15.6. The lowest BCUT2D eigenvalue weighted by Crippen LogP contribution is -2.48. The van der Waals surface area contributed by atoms with Gasteiger partial charge in [-0.2, -0.15) is 5.10 Å². The van der Waals surface area contributed by atoms with Crippen molar-refractivity contribution >= 4 is 12.3 Å². The summed E-state index contributed by atoms with van der Waals surface area (Å²) in [4.78, 5) is 26.6. The maximum Gasteiger partial charge on any atom is 0.274 e. The Morgan fingerprint density at radius 3 is 2.58 bits per heavy atom. The number of nitrogens with zero attached hydrogens (tertiary/aromatic N) is 4. The molecule has 6 nitrogen and oxygen atoms in total. The van der Waals surface area contributed by atoms with Crippen molar-refractivity contribution in [1.29, 1.82) is 0 Å². The summed E-state index contributed by atoms with van der Waals surface area (Å²) in [5, 5.41) is 4.25. The third-order valence-corrected chi connectivity index (χ3v) is 4.25. The number of hydrogen-bond donors (Lipinski definition) is 0. The summed E-state index contributed by atoms with van der Waals surface area (Å²) in [6.45, 7) is 3.87. The predicted octanol–water partition coefficient (Wildman–Crippen LogP) is 1.45. The lowest BCUT2D eigenvalue weighted by molar-refractivity contribution is -0.119. The Morgan fingerprint density at radius 2 is 1.92 bits per heavy atom. The monoisotopic (exact) mass is 330 g/mol. The van der Waals surface area contributed by atoms with E-state index in [1.807, 2.05) is 6.92 Å². The van der Waals surface area contributed by atoms with Crippen LogP contribution >= 0.6 is 0 Å². The summed E-state index contributed by atoms with van der Waals surface area (Å²) in [6.07, 6.45) is 0.793. The van der Waals surface area contributed by atoms with Crippen LogP contribution in [-0.2, 0) is 11.8 Å². The van der Waals surface area contributed by atoms with E-state index in [0.717, 1.165) is 12.0 Å². The molecule has 0 unspecified atom stereocenters. The van der Waals surface area contributed by atoms with Crippen molar-refractivity contribution in [2.75, 3.05) is 26.2 Å². The fourth-order valence-electron chi connectivity index (χ4n) is 2.85. The summed E-state index contributed by atoms with van der Waals surface area (Å²) in [5.41, 5.74) is 2.21. The molecule has 1 aliphatic rings. The van der Waals surface area contributed by atoms with Crippen molar-refractivity contribution in [2.24, 2.45) is 7.05 Å². The van der Waals surface area contributed by atoms with Crippen LogP contribution in [0, 0.1) is 12.7 Å². The zero-order chi connectivity index (χ0) is 17.3. The molecule has 2 aromatic rings. The molecule has 2 heterocycles. The van der Waals surface area contributed by atoms with E-state index in [2.05, 4.69) is 5.10 Å². The Morgan fingerprint density at radius 1 is 1.21 bits per heavy atom. The van der Waals surface area contributed by atoms with Gasteiger partial charge in [-0.3, -0.25) is 14.3 Å². The highest BCUT2D eigenvalue weighted by molar-refractivity contribution is 5.93. The quantitative estimate of drug-likeness (QED) is 0.801. The van der Waals surface area contributed by atoms with Gasteiger partial charge in [-0.15, -0.1) is 0 Å². The molecular weight excluding hydrogens is 311 g/mol. The van der Waals surface area contributed by atoms with Gasteiger partial charge in [0.1, 0.15) is 5.82 Å². The molecule has 2 amide bonds. The SMILES string of the molecule is Cc1ccc(F)c(-c2cc(C(=O)N3CCN(C=O)CC3)nn2C)c1. The van der Waals surface area contributed by atoms with E-state index >= 15 is 0 Å². The van der Waals surface area contributed by atoms with Gasteiger partial charge in [0.2, 0.25) is 6.41 Å². The first-order valence-corrected chi connectivity index (χ1v) is 7.79.